The summed E-state index contributed by atoms with van der Waals surface area (Å²) >= 11 is 5.11. The minimum atomic E-state index is 0. The van der Waals surface area contributed by atoms with E-state index < -0.39 is 0 Å². The van der Waals surface area contributed by atoms with Crippen molar-refractivity contribution in [1.29, 1.82) is 5.26 Å². The van der Waals surface area contributed by atoms with Crippen LogP contribution in [-0.2, 0) is 31.2 Å². The number of aromatic nitrogens is 3. The zero-order valence-corrected chi connectivity index (χ0v) is 22.9. The fraction of sp³-hybridized carbons (Fsp3) is 0.235. The molecule has 0 fully saturated rings. The number of hydrogen-bond donors (Lipinski definition) is 2. The molecule has 0 aliphatic rings. The van der Waals surface area contributed by atoms with Crippen LogP contribution in [-0.4, -0.2) is 15.0 Å². The van der Waals surface area contributed by atoms with Crippen molar-refractivity contribution < 1.29 is 69.9 Å². The smallest absolute Gasteiger partial charge is 0.696 e. The van der Waals surface area contributed by atoms with Crippen molar-refractivity contribution in [2.45, 2.75) is 27.7 Å². The van der Waals surface area contributed by atoms with Crippen molar-refractivity contribution in [3.63, 3.8) is 0 Å². The van der Waals surface area contributed by atoms with Crippen LogP contribution in [0.15, 0.2) is 42.9 Å². The van der Waals surface area contributed by atoms with Gasteiger partial charge in [0.2, 0.25) is 0 Å². The van der Waals surface area contributed by atoms with E-state index in [1.165, 1.54) is 16.7 Å². The second kappa shape index (κ2) is 27.9. The van der Waals surface area contributed by atoms with Gasteiger partial charge in [0.1, 0.15) is 10.3 Å². The van der Waals surface area contributed by atoms with E-state index in [0.29, 0.717) is 10.8 Å². The Morgan fingerprint density at radius 1 is 1.07 bits per heavy atom. The largest absolute Gasteiger partial charge is 1.00 e. The second-order valence-corrected chi connectivity index (χ2v) is 4.45. The van der Waals surface area contributed by atoms with Crippen LogP contribution >= 0.6 is 11.3 Å². The van der Waals surface area contributed by atoms with Crippen LogP contribution < -0.4 is 62.9 Å². The number of nitrogens with zero attached hydrogens (tertiary/aromatic N) is 4. The summed E-state index contributed by atoms with van der Waals surface area (Å²) in [5, 5.41) is 9.05. The molecule has 0 spiro atoms. The number of rotatable bonds is 0. The summed E-state index contributed by atoms with van der Waals surface area (Å²) < 4.78 is 0. The molecule has 0 aliphatic carbocycles. The first-order valence-electron chi connectivity index (χ1n) is 7.31. The molecule has 3 aromatic heterocycles. The summed E-state index contributed by atoms with van der Waals surface area (Å²) in [7, 11) is 0. The fourth-order valence-corrected chi connectivity index (χ4v) is 1.84. The number of anilines is 2. The van der Waals surface area contributed by atoms with Crippen molar-refractivity contribution in [3.05, 3.63) is 50.3 Å². The molecular weight excluding hydrogens is 442 g/mol. The topological polar surface area (TPSA) is 114 Å². The van der Waals surface area contributed by atoms with Gasteiger partial charge < -0.3 is 31.5 Å². The Labute approximate surface area is 227 Å². The maximum Gasteiger partial charge on any atom is 1.00 e. The Morgan fingerprint density at radius 2 is 1.59 bits per heavy atom. The number of nitrogen functional groups attached to an aromatic ring is 2. The summed E-state index contributed by atoms with van der Waals surface area (Å²) in [5.74, 6) is 0. The number of thiazole rings is 1. The quantitative estimate of drug-likeness (QED) is 0.222. The molecule has 0 unspecified atom stereocenters. The summed E-state index contributed by atoms with van der Waals surface area (Å²) in [4.78, 5) is 12.8. The van der Waals surface area contributed by atoms with E-state index in [4.69, 9.17) is 16.7 Å². The fourth-order valence-electron chi connectivity index (χ4n) is 1.16. The third-order valence-electron chi connectivity index (χ3n) is 1.87. The molecule has 0 amide bonds. The molecule has 143 valence electrons. The first kappa shape index (κ1) is 37.5. The molecule has 27 heavy (non-hydrogen) atoms. The SMILES string of the molecule is CC.CC.N#C[S-].Nc1cccnc1.Nc1nc2cccnc2s1.[CH3-].[K+].[V]. The van der Waals surface area contributed by atoms with E-state index in [2.05, 4.69) is 27.6 Å². The van der Waals surface area contributed by atoms with Crippen LogP contribution in [0.5, 0.6) is 0 Å². The number of nitriles is 1. The van der Waals surface area contributed by atoms with Gasteiger partial charge in [-0.25, -0.2) is 15.2 Å². The minimum Gasteiger partial charge on any atom is -0.696 e. The Morgan fingerprint density at radius 3 is 1.96 bits per heavy atom. The summed E-state index contributed by atoms with van der Waals surface area (Å²) in [6.07, 6.45) is 5.04. The summed E-state index contributed by atoms with van der Waals surface area (Å²) in [6, 6.07) is 7.35. The van der Waals surface area contributed by atoms with Gasteiger partial charge in [-0.1, -0.05) is 44.4 Å². The first-order chi connectivity index (χ1) is 11.7. The molecule has 0 bridgehead atoms. The van der Waals surface area contributed by atoms with Gasteiger partial charge in [0.25, 0.3) is 0 Å². The summed E-state index contributed by atoms with van der Waals surface area (Å²) in [6.45, 7) is 8.00. The molecule has 10 heteroatoms. The normalized spacial score (nSPS) is 6.78. The molecule has 0 atom stereocenters. The van der Waals surface area contributed by atoms with Crippen molar-refractivity contribution in [2.75, 3.05) is 11.5 Å². The van der Waals surface area contributed by atoms with Gasteiger partial charge in [-0.15, -0.1) is 0 Å². The minimum absolute atomic E-state index is 0. The van der Waals surface area contributed by atoms with Crippen molar-refractivity contribution in [2.24, 2.45) is 0 Å². The van der Waals surface area contributed by atoms with Crippen LogP contribution in [0.3, 0.4) is 0 Å². The van der Waals surface area contributed by atoms with Gasteiger partial charge in [0, 0.05) is 37.1 Å². The Hall–Kier alpha value is -0.279. The van der Waals surface area contributed by atoms with Gasteiger partial charge in [0.05, 0.1) is 5.69 Å². The predicted octanol–water partition coefficient (Wildman–Crippen LogP) is 1.46. The van der Waals surface area contributed by atoms with E-state index in [1.54, 1.807) is 30.7 Å². The molecule has 3 aromatic rings. The van der Waals surface area contributed by atoms with Crippen LogP contribution in [0.25, 0.3) is 10.3 Å². The molecule has 0 aromatic carbocycles. The average molecular weight is 469 g/mol. The van der Waals surface area contributed by atoms with Crippen molar-refractivity contribution in [3.8, 4) is 5.40 Å². The zero-order valence-electron chi connectivity index (χ0n) is 16.7. The molecule has 3 heterocycles. The number of hydrogen-bond acceptors (Lipinski definition) is 8. The second-order valence-electron chi connectivity index (χ2n) is 3.26. The summed E-state index contributed by atoms with van der Waals surface area (Å²) in [5.41, 5.74) is 12.3. The molecule has 4 N–H and O–H groups in total. The van der Waals surface area contributed by atoms with E-state index in [9.17, 15) is 0 Å². The maximum atomic E-state index is 7.13. The van der Waals surface area contributed by atoms with Gasteiger partial charge in [-0.05, 0) is 24.3 Å². The van der Waals surface area contributed by atoms with Crippen LogP contribution in [0.4, 0.5) is 10.8 Å². The van der Waals surface area contributed by atoms with E-state index in [1.807, 2.05) is 39.8 Å². The molecular formula is C17H26KN6S2V-. The van der Waals surface area contributed by atoms with Gasteiger partial charge >= 0.3 is 51.4 Å². The molecule has 6 nitrogen and oxygen atoms in total. The van der Waals surface area contributed by atoms with E-state index >= 15 is 0 Å². The molecule has 3 rings (SSSR count). The van der Waals surface area contributed by atoms with Crippen LogP contribution in [0.2, 0.25) is 0 Å². The average Bonchev–Trinajstić information content (AvgIpc) is 3.00. The Balaban J connectivity index is -0.0000000851. The van der Waals surface area contributed by atoms with Crippen molar-refractivity contribution in [1.82, 2.24) is 15.0 Å². The van der Waals surface area contributed by atoms with Crippen LogP contribution in [0.1, 0.15) is 27.7 Å². The van der Waals surface area contributed by atoms with E-state index in [-0.39, 0.29) is 77.4 Å². The zero-order chi connectivity index (χ0) is 18.8. The standard InChI is InChI=1S/C6H5N3S.C5H6N2.2C2H6.CHNS.CH3.K.V/c7-6-9-4-2-1-3-8-5(4)10-6;6-5-2-1-3-7-4-5;2*1-2;2-1-3;;;/h1-3H,(H2,7,9);1-4H,6H2;2*1-2H3;3H;1H3;;/q;;;;;-1;+1;/p-1. The number of fused-ring (bicyclic) bond motifs is 1. The maximum absolute atomic E-state index is 7.13. The van der Waals surface area contributed by atoms with Crippen LogP contribution in [0, 0.1) is 18.1 Å². The monoisotopic (exact) mass is 468 g/mol. The molecule has 0 saturated carbocycles. The predicted molar refractivity (Wildman–Crippen MR) is 113 cm³/mol. The molecule has 0 saturated heterocycles. The van der Waals surface area contributed by atoms with Gasteiger partial charge in [-0.2, -0.15) is 0 Å². The third kappa shape index (κ3) is 20.3. The van der Waals surface area contributed by atoms with Crippen molar-refractivity contribution >= 4 is 45.1 Å². The van der Waals surface area contributed by atoms with Gasteiger partial charge in [0.15, 0.2) is 5.13 Å². The van der Waals surface area contributed by atoms with E-state index in [0.717, 1.165) is 10.3 Å². The third-order valence-corrected chi connectivity index (χ3v) is 2.68. The van der Waals surface area contributed by atoms with Gasteiger partial charge in [-0.3, -0.25) is 4.98 Å². The first-order valence-corrected chi connectivity index (χ1v) is 8.53. The Bertz CT molecular complexity index is 659. The number of nitrogens with two attached hydrogens (primary N) is 2. The number of pyridine rings is 2. The Kier molecular flexibility index (Phi) is 38.8. The molecule has 0 aliphatic heterocycles. The molecule has 1 radical (unpaired) electrons. The number of thiocyanates is 1.